The van der Waals surface area contributed by atoms with E-state index in [2.05, 4.69) is 10.6 Å². The van der Waals surface area contributed by atoms with Crippen LogP contribution >= 0.6 is 11.6 Å². The Kier molecular flexibility index (Phi) is 5.45. The number of urea groups is 1. The number of hydrogen-bond donors (Lipinski definition) is 2. The van der Waals surface area contributed by atoms with Crippen molar-refractivity contribution in [1.29, 1.82) is 0 Å². The summed E-state index contributed by atoms with van der Waals surface area (Å²) in [5.74, 6) is 0. The first-order valence-corrected chi connectivity index (χ1v) is 7.73. The molecular weight excluding hydrogens is 296 g/mol. The molecule has 22 heavy (non-hydrogen) atoms. The monoisotopic (exact) mass is 316 g/mol. The predicted octanol–water partition coefficient (Wildman–Crippen LogP) is 4.77. The average Bonchev–Trinajstić information content (AvgIpc) is 2.47. The molecule has 0 bridgehead atoms. The van der Waals surface area contributed by atoms with Crippen molar-refractivity contribution < 1.29 is 4.79 Å². The van der Waals surface area contributed by atoms with Gasteiger partial charge in [-0.3, -0.25) is 0 Å². The van der Waals surface area contributed by atoms with Gasteiger partial charge in [0.15, 0.2) is 0 Å². The van der Waals surface area contributed by atoms with Crippen LogP contribution in [0.25, 0.3) is 0 Å². The van der Waals surface area contributed by atoms with Gasteiger partial charge in [0.2, 0.25) is 0 Å². The maximum absolute atomic E-state index is 12.2. The van der Waals surface area contributed by atoms with Crippen molar-refractivity contribution >= 4 is 17.6 Å². The fourth-order valence-corrected chi connectivity index (χ4v) is 2.64. The number of rotatable bonds is 4. The molecule has 116 valence electrons. The first kappa shape index (κ1) is 16.4. The normalized spacial score (nSPS) is 13.3. The number of aryl methyl sites for hydroxylation is 1. The van der Waals surface area contributed by atoms with Crippen molar-refractivity contribution in [1.82, 2.24) is 10.6 Å². The third kappa shape index (κ3) is 4.25. The Morgan fingerprint density at radius 2 is 1.68 bits per heavy atom. The van der Waals surface area contributed by atoms with Crippen molar-refractivity contribution in [3.05, 3.63) is 70.2 Å². The molecule has 2 unspecified atom stereocenters. The minimum atomic E-state index is -0.191. The van der Waals surface area contributed by atoms with Crippen molar-refractivity contribution in [2.75, 3.05) is 0 Å². The van der Waals surface area contributed by atoms with Gasteiger partial charge in [0, 0.05) is 5.02 Å². The molecule has 3 nitrogen and oxygen atoms in total. The summed E-state index contributed by atoms with van der Waals surface area (Å²) in [5, 5.41) is 6.57. The van der Waals surface area contributed by atoms with Crippen LogP contribution in [0.4, 0.5) is 4.79 Å². The van der Waals surface area contributed by atoms with E-state index in [0.717, 1.165) is 16.7 Å². The molecule has 2 rings (SSSR count). The van der Waals surface area contributed by atoms with Gasteiger partial charge in [-0.15, -0.1) is 0 Å². The van der Waals surface area contributed by atoms with Crippen LogP contribution < -0.4 is 10.6 Å². The second-order valence-electron chi connectivity index (χ2n) is 5.47. The lowest BCUT2D eigenvalue weighted by Crippen LogP contribution is -2.38. The summed E-state index contributed by atoms with van der Waals surface area (Å²) in [6.07, 6.45) is 0. The zero-order valence-electron chi connectivity index (χ0n) is 13.1. The van der Waals surface area contributed by atoms with E-state index in [1.165, 1.54) is 0 Å². The lowest BCUT2D eigenvalue weighted by molar-refractivity contribution is 0.235. The van der Waals surface area contributed by atoms with Crippen LogP contribution in [-0.4, -0.2) is 6.03 Å². The van der Waals surface area contributed by atoms with Crippen LogP contribution in [0.15, 0.2) is 48.5 Å². The minimum Gasteiger partial charge on any atom is -0.332 e. The Balaban J connectivity index is 1.97. The van der Waals surface area contributed by atoms with E-state index < -0.39 is 0 Å². The summed E-state index contributed by atoms with van der Waals surface area (Å²) in [6.45, 7) is 5.95. The summed E-state index contributed by atoms with van der Waals surface area (Å²) in [5.41, 5.74) is 3.26. The van der Waals surface area contributed by atoms with Gasteiger partial charge in [-0.2, -0.15) is 0 Å². The van der Waals surface area contributed by atoms with Crippen LogP contribution in [-0.2, 0) is 0 Å². The van der Waals surface area contributed by atoms with Gasteiger partial charge in [-0.05, 0) is 49.6 Å². The zero-order valence-corrected chi connectivity index (χ0v) is 13.8. The van der Waals surface area contributed by atoms with E-state index in [0.29, 0.717) is 5.02 Å². The number of carbonyl (C=O) groups is 1. The van der Waals surface area contributed by atoms with Crippen molar-refractivity contribution in [2.45, 2.75) is 32.9 Å². The van der Waals surface area contributed by atoms with Crippen LogP contribution in [0.5, 0.6) is 0 Å². The van der Waals surface area contributed by atoms with Gasteiger partial charge in [0.1, 0.15) is 0 Å². The zero-order chi connectivity index (χ0) is 16.1. The van der Waals surface area contributed by atoms with E-state index in [4.69, 9.17) is 11.6 Å². The minimum absolute atomic E-state index is 0.0484. The van der Waals surface area contributed by atoms with Gasteiger partial charge < -0.3 is 10.6 Å². The maximum atomic E-state index is 12.2. The molecule has 4 heteroatoms. The van der Waals surface area contributed by atoms with Gasteiger partial charge in [-0.25, -0.2) is 4.79 Å². The SMILES string of the molecule is Cc1ccccc1C(C)NC(=O)NC(C)c1cccc(Cl)c1. The quantitative estimate of drug-likeness (QED) is 0.838. The number of hydrogen-bond acceptors (Lipinski definition) is 1. The van der Waals surface area contributed by atoms with Crippen LogP contribution in [0.3, 0.4) is 0 Å². The fourth-order valence-electron chi connectivity index (χ4n) is 2.44. The Labute approximate surface area is 136 Å². The third-order valence-electron chi connectivity index (χ3n) is 3.70. The second-order valence-corrected chi connectivity index (χ2v) is 5.91. The molecule has 2 aromatic rings. The Hall–Kier alpha value is -2.00. The average molecular weight is 317 g/mol. The molecule has 0 heterocycles. The van der Waals surface area contributed by atoms with E-state index in [1.807, 2.05) is 69.3 Å². The summed E-state index contributed by atoms with van der Waals surface area (Å²) in [7, 11) is 0. The molecule has 0 radical (unpaired) electrons. The highest BCUT2D eigenvalue weighted by Crippen LogP contribution is 2.19. The molecule has 0 saturated heterocycles. The lowest BCUT2D eigenvalue weighted by atomic mass is 10.0. The highest BCUT2D eigenvalue weighted by Gasteiger charge is 2.14. The topological polar surface area (TPSA) is 41.1 Å². The summed E-state index contributed by atoms with van der Waals surface area (Å²) in [4.78, 5) is 12.2. The van der Waals surface area contributed by atoms with Gasteiger partial charge in [0.25, 0.3) is 0 Å². The van der Waals surface area contributed by atoms with Crippen molar-refractivity contribution in [3.8, 4) is 0 Å². The Morgan fingerprint density at radius 3 is 2.36 bits per heavy atom. The van der Waals surface area contributed by atoms with Gasteiger partial charge in [-0.1, -0.05) is 48.0 Å². The third-order valence-corrected chi connectivity index (χ3v) is 3.93. The van der Waals surface area contributed by atoms with Crippen LogP contribution in [0, 0.1) is 6.92 Å². The number of halogens is 1. The van der Waals surface area contributed by atoms with E-state index >= 15 is 0 Å². The number of nitrogens with one attached hydrogen (secondary N) is 2. The van der Waals surface area contributed by atoms with Crippen molar-refractivity contribution in [3.63, 3.8) is 0 Å². The number of amides is 2. The largest absolute Gasteiger partial charge is 0.332 e. The molecule has 2 N–H and O–H groups in total. The second kappa shape index (κ2) is 7.32. The maximum Gasteiger partial charge on any atom is 0.315 e. The molecule has 0 aliphatic heterocycles. The summed E-state index contributed by atoms with van der Waals surface area (Å²) < 4.78 is 0. The first-order valence-electron chi connectivity index (χ1n) is 7.35. The molecule has 0 aromatic heterocycles. The molecular formula is C18H21ClN2O. The highest BCUT2D eigenvalue weighted by molar-refractivity contribution is 6.30. The number of benzene rings is 2. The van der Waals surface area contributed by atoms with E-state index in [1.54, 1.807) is 0 Å². The van der Waals surface area contributed by atoms with Crippen LogP contribution in [0.2, 0.25) is 5.02 Å². The number of carbonyl (C=O) groups excluding carboxylic acids is 1. The molecule has 0 fully saturated rings. The summed E-state index contributed by atoms with van der Waals surface area (Å²) >= 11 is 5.98. The molecule has 0 aliphatic rings. The molecule has 0 aliphatic carbocycles. The van der Waals surface area contributed by atoms with Crippen LogP contribution in [0.1, 0.15) is 42.6 Å². The Bertz CT molecular complexity index is 657. The fraction of sp³-hybridized carbons (Fsp3) is 0.278. The van der Waals surface area contributed by atoms with Gasteiger partial charge >= 0.3 is 6.03 Å². The molecule has 2 atom stereocenters. The Morgan fingerprint density at radius 1 is 1.00 bits per heavy atom. The summed E-state index contributed by atoms with van der Waals surface area (Å²) in [6, 6.07) is 15.2. The lowest BCUT2D eigenvalue weighted by Gasteiger charge is -2.20. The van der Waals surface area contributed by atoms with E-state index in [-0.39, 0.29) is 18.1 Å². The predicted molar refractivity (Wildman–Crippen MR) is 91.1 cm³/mol. The highest BCUT2D eigenvalue weighted by atomic mass is 35.5. The molecule has 0 spiro atoms. The standard InChI is InChI=1S/C18H21ClN2O/c1-12-7-4-5-10-17(12)14(3)21-18(22)20-13(2)15-8-6-9-16(19)11-15/h4-11,13-14H,1-3H3,(H2,20,21,22). The van der Waals surface area contributed by atoms with E-state index in [9.17, 15) is 4.79 Å². The van der Waals surface area contributed by atoms with Gasteiger partial charge in [0.05, 0.1) is 12.1 Å². The van der Waals surface area contributed by atoms with Crippen molar-refractivity contribution in [2.24, 2.45) is 0 Å². The molecule has 2 amide bonds. The molecule has 0 saturated carbocycles. The first-order chi connectivity index (χ1) is 10.5. The molecule has 2 aromatic carbocycles. The smallest absolute Gasteiger partial charge is 0.315 e.